The second-order valence-electron chi connectivity index (χ2n) is 7.44. The molecule has 1 aliphatic heterocycles. The molecule has 1 aliphatic carbocycles. The van der Waals surface area contributed by atoms with E-state index in [1.807, 2.05) is 30.3 Å². The van der Waals surface area contributed by atoms with Crippen molar-refractivity contribution in [1.29, 1.82) is 0 Å². The molecule has 1 aromatic heterocycles. The molecule has 0 spiro atoms. The summed E-state index contributed by atoms with van der Waals surface area (Å²) in [5.74, 6) is 1.38. The number of carbonyl (C=O) groups excluding carboxylic acids is 1. The maximum Gasteiger partial charge on any atom is 0.161 e. The van der Waals surface area contributed by atoms with E-state index in [0.29, 0.717) is 17.9 Å². The Balaban J connectivity index is 1.81. The number of pyridine rings is 1. The highest BCUT2D eigenvalue weighted by atomic mass is 16.5. The van der Waals surface area contributed by atoms with Gasteiger partial charge < -0.3 is 14.8 Å². The molecule has 0 amide bonds. The van der Waals surface area contributed by atoms with Gasteiger partial charge in [0.15, 0.2) is 17.3 Å². The van der Waals surface area contributed by atoms with Crippen molar-refractivity contribution in [3.63, 3.8) is 0 Å². The molecule has 1 N–H and O–H groups in total. The topological polar surface area (TPSA) is 60.5 Å². The normalized spacial score (nSPS) is 18.1. The highest BCUT2D eigenvalue weighted by molar-refractivity contribution is 6.03. The third-order valence-electron chi connectivity index (χ3n) is 5.89. The molecule has 0 bridgehead atoms. The molecule has 29 heavy (non-hydrogen) atoms. The molecule has 3 aromatic rings. The summed E-state index contributed by atoms with van der Waals surface area (Å²) in [5, 5.41) is 4.61. The van der Waals surface area contributed by atoms with Crippen LogP contribution in [-0.4, -0.2) is 25.0 Å². The molecule has 0 saturated heterocycles. The maximum atomic E-state index is 13.1. The van der Waals surface area contributed by atoms with Gasteiger partial charge in [-0.25, -0.2) is 0 Å². The Labute approximate surface area is 169 Å². The van der Waals surface area contributed by atoms with Gasteiger partial charge in [-0.05, 0) is 54.3 Å². The number of hydrogen-bond acceptors (Lipinski definition) is 5. The molecule has 5 rings (SSSR count). The van der Waals surface area contributed by atoms with E-state index in [9.17, 15) is 4.79 Å². The van der Waals surface area contributed by atoms with E-state index in [2.05, 4.69) is 22.4 Å². The lowest BCUT2D eigenvalue weighted by atomic mass is 9.74. The van der Waals surface area contributed by atoms with E-state index < -0.39 is 0 Å². The van der Waals surface area contributed by atoms with Crippen LogP contribution in [0.25, 0.3) is 10.9 Å². The van der Waals surface area contributed by atoms with Crippen LogP contribution in [0.5, 0.6) is 11.5 Å². The third-order valence-corrected chi connectivity index (χ3v) is 5.89. The molecule has 5 nitrogen and oxygen atoms in total. The molecule has 2 aromatic carbocycles. The Morgan fingerprint density at radius 3 is 2.72 bits per heavy atom. The number of carbonyl (C=O) groups is 1. The van der Waals surface area contributed by atoms with Crippen LogP contribution in [0.2, 0.25) is 0 Å². The van der Waals surface area contributed by atoms with Crippen molar-refractivity contribution in [3.8, 4) is 11.5 Å². The highest BCUT2D eigenvalue weighted by Crippen LogP contribution is 2.48. The van der Waals surface area contributed by atoms with Gasteiger partial charge in [-0.1, -0.05) is 12.1 Å². The maximum absolute atomic E-state index is 13.1. The summed E-state index contributed by atoms with van der Waals surface area (Å²) in [5.41, 5.74) is 5.98. The fourth-order valence-electron chi connectivity index (χ4n) is 4.60. The number of ketones is 1. The van der Waals surface area contributed by atoms with E-state index in [1.165, 1.54) is 0 Å². The van der Waals surface area contributed by atoms with Crippen LogP contribution < -0.4 is 14.8 Å². The molecule has 2 heterocycles. The number of rotatable bonds is 3. The van der Waals surface area contributed by atoms with Gasteiger partial charge in [-0.15, -0.1) is 0 Å². The van der Waals surface area contributed by atoms with Crippen molar-refractivity contribution in [1.82, 2.24) is 4.98 Å². The molecule has 5 heteroatoms. The first-order chi connectivity index (χ1) is 14.2. The number of Topliss-reactive ketones (excluding diaryl/α,β-unsaturated/α-hetero) is 1. The van der Waals surface area contributed by atoms with E-state index in [4.69, 9.17) is 9.47 Å². The van der Waals surface area contributed by atoms with Gasteiger partial charge in [0, 0.05) is 40.9 Å². The van der Waals surface area contributed by atoms with Gasteiger partial charge in [0.1, 0.15) is 0 Å². The Bertz CT molecular complexity index is 1170. The molecule has 1 atom stereocenters. The van der Waals surface area contributed by atoms with Crippen molar-refractivity contribution < 1.29 is 14.3 Å². The fourth-order valence-corrected chi connectivity index (χ4v) is 4.60. The van der Waals surface area contributed by atoms with Gasteiger partial charge >= 0.3 is 0 Å². The summed E-state index contributed by atoms with van der Waals surface area (Å²) >= 11 is 0. The monoisotopic (exact) mass is 386 g/mol. The van der Waals surface area contributed by atoms with Gasteiger partial charge in [0.25, 0.3) is 0 Å². The van der Waals surface area contributed by atoms with Crippen LogP contribution in [0.4, 0.5) is 5.69 Å². The number of allylic oxidation sites excluding steroid dienone is 2. The van der Waals surface area contributed by atoms with Crippen LogP contribution in [0.1, 0.15) is 36.3 Å². The molecular formula is C24H22N2O3. The number of nitrogens with one attached hydrogen (secondary N) is 1. The van der Waals surface area contributed by atoms with Crippen LogP contribution in [0.15, 0.2) is 59.9 Å². The number of hydrogen-bond donors (Lipinski definition) is 1. The Hall–Kier alpha value is -3.34. The van der Waals surface area contributed by atoms with E-state index in [1.54, 1.807) is 20.4 Å². The van der Waals surface area contributed by atoms with Crippen LogP contribution in [0.3, 0.4) is 0 Å². The summed E-state index contributed by atoms with van der Waals surface area (Å²) < 4.78 is 11.0. The Morgan fingerprint density at radius 1 is 1.03 bits per heavy atom. The van der Waals surface area contributed by atoms with Crippen molar-refractivity contribution in [3.05, 3.63) is 71.1 Å². The number of benzene rings is 2. The number of fused-ring (bicyclic) bond motifs is 3. The highest BCUT2D eigenvalue weighted by Gasteiger charge is 2.36. The van der Waals surface area contributed by atoms with Gasteiger partial charge in [-0.3, -0.25) is 9.78 Å². The first kappa shape index (κ1) is 17.7. The standard InChI is InChI=1S/C24H22N2O3/c1-28-20-11-8-14(13-21(20)29-2)22-23-15-5-4-12-25-16(15)9-10-18(23)26-17-6-3-7-19(27)24(17)22/h4-5,8-13,22,26H,3,6-7H2,1-2H3/t22-/m0/s1. The number of aromatic nitrogens is 1. The molecule has 146 valence electrons. The van der Waals surface area contributed by atoms with E-state index in [-0.39, 0.29) is 11.7 Å². The zero-order valence-electron chi connectivity index (χ0n) is 16.5. The number of nitrogens with zero attached hydrogens (tertiary/aromatic N) is 1. The second-order valence-corrected chi connectivity index (χ2v) is 7.44. The number of anilines is 1. The first-order valence-corrected chi connectivity index (χ1v) is 9.84. The van der Waals surface area contributed by atoms with Crippen LogP contribution >= 0.6 is 0 Å². The minimum absolute atomic E-state index is 0.165. The number of methoxy groups -OCH3 is 2. The minimum atomic E-state index is -0.165. The van der Waals surface area contributed by atoms with Crippen molar-refractivity contribution in [2.45, 2.75) is 25.2 Å². The summed E-state index contributed by atoms with van der Waals surface area (Å²) in [7, 11) is 3.26. The quantitative estimate of drug-likeness (QED) is 0.700. The van der Waals surface area contributed by atoms with Crippen LogP contribution in [-0.2, 0) is 4.79 Å². The minimum Gasteiger partial charge on any atom is -0.493 e. The van der Waals surface area contributed by atoms with E-state index in [0.717, 1.165) is 51.8 Å². The molecule has 0 unspecified atom stereocenters. The number of ether oxygens (including phenoxy) is 2. The molecule has 0 radical (unpaired) electrons. The van der Waals surface area contributed by atoms with Gasteiger partial charge in [0.05, 0.1) is 19.7 Å². The summed E-state index contributed by atoms with van der Waals surface area (Å²) in [4.78, 5) is 17.6. The average molecular weight is 386 g/mol. The zero-order chi connectivity index (χ0) is 20.0. The molecular weight excluding hydrogens is 364 g/mol. The Morgan fingerprint density at radius 2 is 1.90 bits per heavy atom. The lowest BCUT2D eigenvalue weighted by Gasteiger charge is -2.35. The fraction of sp³-hybridized carbons (Fsp3) is 0.250. The average Bonchev–Trinajstić information content (AvgIpc) is 2.77. The third kappa shape index (κ3) is 2.77. The smallest absolute Gasteiger partial charge is 0.161 e. The molecule has 0 saturated carbocycles. The summed E-state index contributed by atoms with van der Waals surface area (Å²) in [6.45, 7) is 0. The molecule has 2 aliphatic rings. The Kier molecular flexibility index (Phi) is 4.23. The van der Waals surface area contributed by atoms with Crippen molar-refractivity contribution in [2.24, 2.45) is 0 Å². The summed E-state index contributed by atoms with van der Waals surface area (Å²) in [6, 6.07) is 14.1. The van der Waals surface area contributed by atoms with Gasteiger partial charge in [0.2, 0.25) is 0 Å². The summed E-state index contributed by atoms with van der Waals surface area (Å²) in [6.07, 6.45) is 4.15. The lowest BCUT2D eigenvalue weighted by molar-refractivity contribution is -0.116. The lowest BCUT2D eigenvalue weighted by Crippen LogP contribution is -2.27. The predicted octanol–water partition coefficient (Wildman–Crippen LogP) is 4.82. The van der Waals surface area contributed by atoms with E-state index >= 15 is 0 Å². The van der Waals surface area contributed by atoms with Crippen molar-refractivity contribution in [2.75, 3.05) is 19.5 Å². The second kappa shape index (κ2) is 6.92. The largest absolute Gasteiger partial charge is 0.493 e. The van der Waals surface area contributed by atoms with Crippen molar-refractivity contribution >= 4 is 22.4 Å². The SMILES string of the molecule is COc1ccc([C@@H]2C3=C(CCCC3=O)Nc3ccc4ncccc4c32)cc1OC. The zero-order valence-corrected chi connectivity index (χ0v) is 16.5. The first-order valence-electron chi connectivity index (χ1n) is 9.84. The van der Waals surface area contributed by atoms with Crippen LogP contribution in [0, 0.1) is 0 Å². The van der Waals surface area contributed by atoms with Gasteiger partial charge in [-0.2, -0.15) is 0 Å². The molecule has 0 fully saturated rings. The predicted molar refractivity (Wildman–Crippen MR) is 113 cm³/mol.